The van der Waals surface area contributed by atoms with Gasteiger partial charge in [-0.15, -0.1) is 5.10 Å². The number of nitrogens with two attached hydrogens (primary N) is 1. The van der Waals surface area contributed by atoms with Crippen LogP contribution in [0.4, 0.5) is 22.0 Å². The molecule has 1 aromatic carbocycles. The van der Waals surface area contributed by atoms with E-state index in [1.807, 2.05) is 4.90 Å². The van der Waals surface area contributed by atoms with Crippen molar-refractivity contribution in [3.63, 3.8) is 0 Å². The van der Waals surface area contributed by atoms with Gasteiger partial charge in [-0.3, -0.25) is 4.90 Å². The van der Waals surface area contributed by atoms with E-state index in [4.69, 9.17) is 14.9 Å². The van der Waals surface area contributed by atoms with Crippen molar-refractivity contribution in [1.82, 2.24) is 29.5 Å². The van der Waals surface area contributed by atoms with E-state index in [0.717, 1.165) is 25.9 Å². The van der Waals surface area contributed by atoms with Gasteiger partial charge in [0.1, 0.15) is 18.2 Å². The number of piperazine rings is 1. The number of anilines is 3. The molecule has 38 heavy (non-hydrogen) atoms. The summed E-state index contributed by atoms with van der Waals surface area (Å²) in [5.74, 6) is 1.50. The molecule has 1 aliphatic rings. The number of sulfone groups is 1. The Labute approximate surface area is 218 Å². The maximum atomic E-state index is 14.7. The number of furan rings is 1. The molecule has 15 heteroatoms. The van der Waals surface area contributed by atoms with Gasteiger partial charge in [0, 0.05) is 51.6 Å². The number of fused-ring (bicyclic) bond motifs is 1. The second-order valence-electron chi connectivity index (χ2n) is 8.88. The minimum atomic E-state index is -3.13. The molecule has 1 fully saturated rings. The van der Waals surface area contributed by atoms with E-state index in [-0.39, 0.29) is 18.3 Å². The molecule has 0 aliphatic carbocycles. The van der Waals surface area contributed by atoms with E-state index >= 15 is 0 Å². The van der Waals surface area contributed by atoms with E-state index in [9.17, 15) is 12.8 Å². The minimum Gasteiger partial charge on any atom is -0.492 e. The van der Waals surface area contributed by atoms with Crippen LogP contribution in [-0.4, -0.2) is 95.8 Å². The van der Waals surface area contributed by atoms with E-state index in [0.29, 0.717) is 54.4 Å². The summed E-state index contributed by atoms with van der Waals surface area (Å²) in [6, 6.07) is 8.12. The van der Waals surface area contributed by atoms with Crippen LogP contribution in [0.25, 0.3) is 17.4 Å². The Hall–Kier alpha value is -3.98. The summed E-state index contributed by atoms with van der Waals surface area (Å²) >= 11 is 0. The Kier molecular flexibility index (Phi) is 7.28. The largest absolute Gasteiger partial charge is 0.492 e. The predicted molar refractivity (Wildman–Crippen MR) is 139 cm³/mol. The summed E-state index contributed by atoms with van der Waals surface area (Å²) in [6.07, 6.45) is 2.67. The van der Waals surface area contributed by atoms with Gasteiger partial charge >= 0.3 is 0 Å². The SMILES string of the molecule is CS(=O)(=O)CCOc1ccc(N2CCN(CCNc3nc(N)n4nc(-c5ccco5)nc4n3)CC2)c(F)c1. The van der Waals surface area contributed by atoms with Crippen molar-refractivity contribution in [1.29, 1.82) is 0 Å². The number of aromatic nitrogens is 5. The summed E-state index contributed by atoms with van der Waals surface area (Å²) in [4.78, 5) is 17.2. The fourth-order valence-corrected chi connectivity index (χ4v) is 4.46. The molecule has 1 aliphatic heterocycles. The van der Waals surface area contributed by atoms with Gasteiger partial charge < -0.3 is 25.1 Å². The minimum absolute atomic E-state index is 0.0131. The molecule has 5 rings (SSSR count). The Morgan fingerprint density at radius 3 is 2.68 bits per heavy atom. The highest BCUT2D eigenvalue weighted by atomic mass is 32.2. The van der Waals surface area contributed by atoms with Crippen LogP contribution in [0.2, 0.25) is 0 Å². The van der Waals surface area contributed by atoms with Crippen LogP contribution < -0.4 is 20.7 Å². The van der Waals surface area contributed by atoms with Crippen LogP contribution in [0.5, 0.6) is 5.75 Å². The monoisotopic (exact) mass is 545 g/mol. The molecule has 0 amide bonds. The third-order valence-electron chi connectivity index (χ3n) is 6.04. The second-order valence-corrected chi connectivity index (χ2v) is 11.1. The molecular formula is C23H28FN9O4S. The third kappa shape index (κ3) is 6.11. The van der Waals surface area contributed by atoms with Crippen LogP contribution in [0, 0.1) is 5.82 Å². The van der Waals surface area contributed by atoms with Crippen molar-refractivity contribution >= 4 is 33.2 Å². The maximum Gasteiger partial charge on any atom is 0.259 e. The van der Waals surface area contributed by atoms with Crippen LogP contribution >= 0.6 is 0 Å². The summed E-state index contributed by atoms with van der Waals surface area (Å²) in [6.45, 7) is 4.15. The summed E-state index contributed by atoms with van der Waals surface area (Å²) < 4.78 is 49.2. The zero-order valence-corrected chi connectivity index (χ0v) is 21.6. The Balaban J connectivity index is 1.10. The normalized spacial score (nSPS) is 14.7. The lowest BCUT2D eigenvalue weighted by Gasteiger charge is -2.36. The van der Waals surface area contributed by atoms with Crippen LogP contribution in [0.1, 0.15) is 0 Å². The number of hydrogen-bond acceptors (Lipinski definition) is 12. The van der Waals surface area contributed by atoms with Crippen molar-refractivity contribution in [3.8, 4) is 17.3 Å². The molecule has 1 saturated heterocycles. The number of hydrogen-bond donors (Lipinski definition) is 2. The number of nitrogen functional groups attached to an aromatic ring is 1. The van der Waals surface area contributed by atoms with Crippen molar-refractivity contribution in [2.75, 3.05) is 73.8 Å². The molecule has 0 saturated carbocycles. The first-order valence-electron chi connectivity index (χ1n) is 12.0. The number of halogens is 1. The zero-order valence-electron chi connectivity index (χ0n) is 20.7. The Morgan fingerprint density at radius 2 is 1.97 bits per heavy atom. The molecule has 0 bridgehead atoms. The zero-order chi connectivity index (χ0) is 26.7. The van der Waals surface area contributed by atoms with Crippen molar-refractivity contribution in [2.45, 2.75) is 0 Å². The highest BCUT2D eigenvalue weighted by Crippen LogP contribution is 2.25. The summed E-state index contributed by atoms with van der Waals surface area (Å²) in [5.41, 5.74) is 6.53. The quantitative estimate of drug-likeness (QED) is 0.293. The number of nitrogens with zero attached hydrogens (tertiary/aromatic N) is 7. The topological polar surface area (TPSA) is 157 Å². The van der Waals surface area contributed by atoms with E-state index < -0.39 is 15.7 Å². The van der Waals surface area contributed by atoms with Crippen molar-refractivity contribution in [3.05, 3.63) is 42.4 Å². The first kappa shape index (κ1) is 25.7. The van der Waals surface area contributed by atoms with Crippen LogP contribution in [0.15, 0.2) is 41.0 Å². The van der Waals surface area contributed by atoms with Crippen LogP contribution in [-0.2, 0) is 9.84 Å². The molecular weight excluding hydrogens is 517 g/mol. The molecule has 4 heterocycles. The van der Waals surface area contributed by atoms with Gasteiger partial charge in [-0.2, -0.15) is 19.5 Å². The lowest BCUT2D eigenvalue weighted by molar-refractivity contribution is 0.266. The lowest BCUT2D eigenvalue weighted by atomic mass is 10.2. The summed E-state index contributed by atoms with van der Waals surface area (Å²) in [7, 11) is -3.13. The fourth-order valence-electron chi connectivity index (χ4n) is 4.08. The number of ether oxygens (including phenoxy) is 1. The van der Waals surface area contributed by atoms with Gasteiger partial charge in [0.2, 0.25) is 17.7 Å². The Bertz CT molecular complexity index is 1500. The van der Waals surface area contributed by atoms with E-state index in [1.54, 1.807) is 24.3 Å². The highest BCUT2D eigenvalue weighted by molar-refractivity contribution is 7.90. The first-order chi connectivity index (χ1) is 18.2. The highest BCUT2D eigenvalue weighted by Gasteiger charge is 2.20. The van der Waals surface area contributed by atoms with Crippen molar-refractivity contribution < 1.29 is 22.0 Å². The molecule has 0 radical (unpaired) electrons. The van der Waals surface area contributed by atoms with Gasteiger partial charge in [-0.05, 0) is 24.3 Å². The lowest BCUT2D eigenvalue weighted by Crippen LogP contribution is -2.48. The molecule has 4 aromatic rings. The molecule has 0 unspecified atom stereocenters. The molecule has 0 spiro atoms. The maximum absolute atomic E-state index is 14.7. The molecule has 3 aromatic heterocycles. The van der Waals surface area contributed by atoms with Gasteiger partial charge in [0.25, 0.3) is 5.78 Å². The third-order valence-corrected chi connectivity index (χ3v) is 6.95. The molecule has 202 valence electrons. The van der Waals surface area contributed by atoms with E-state index in [2.05, 4.69) is 30.3 Å². The van der Waals surface area contributed by atoms with Gasteiger partial charge in [-0.25, -0.2) is 12.8 Å². The average Bonchev–Trinajstić information content (AvgIpc) is 3.54. The smallest absolute Gasteiger partial charge is 0.259 e. The fraction of sp³-hybridized carbons (Fsp3) is 0.391. The van der Waals surface area contributed by atoms with Gasteiger partial charge in [0.05, 0.1) is 17.7 Å². The standard InChI is InChI=1S/C23H28FN9O4S/c1-38(34,35)14-13-36-16-4-5-18(17(24)15-16)32-10-8-31(9-11-32)7-6-26-22-28-21(25)33-23(29-22)27-20(30-33)19-3-2-12-37-19/h2-5,12,15H,6-11,13-14H2,1H3,(H3,25,26,27,28,29,30). The molecule has 0 atom stereocenters. The number of benzene rings is 1. The Morgan fingerprint density at radius 1 is 1.16 bits per heavy atom. The molecule has 3 N–H and O–H groups in total. The average molecular weight is 546 g/mol. The predicted octanol–water partition coefficient (Wildman–Crippen LogP) is 1.16. The number of nitrogens with one attached hydrogen (secondary N) is 1. The first-order valence-corrected chi connectivity index (χ1v) is 14.1. The molecule has 13 nitrogen and oxygen atoms in total. The van der Waals surface area contributed by atoms with Crippen LogP contribution in [0.3, 0.4) is 0 Å². The van der Waals surface area contributed by atoms with Gasteiger partial charge in [0.15, 0.2) is 15.6 Å². The van der Waals surface area contributed by atoms with Crippen molar-refractivity contribution in [2.24, 2.45) is 0 Å². The summed E-state index contributed by atoms with van der Waals surface area (Å²) in [5, 5.41) is 7.46. The number of rotatable bonds is 10. The van der Waals surface area contributed by atoms with E-state index in [1.165, 1.54) is 16.8 Å². The van der Waals surface area contributed by atoms with Gasteiger partial charge in [-0.1, -0.05) is 0 Å². The second kappa shape index (κ2) is 10.8.